The summed E-state index contributed by atoms with van der Waals surface area (Å²) >= 11 is 0. The second-order valence-corrected chi connectivity index (χ2v) is 6.03. The van der Waals surface area contributed by atoms with Crippen molar-refractivity contribution < 1.29 is 9.90 Å². The standard InChI is InChI=1S/C18H20N4O2/c1-21-12-13(11-19)10-17(21)18(24)20-15-4-2-3-5-16(15)22-8-6-14(23)7-9-22/h2-5,10,12,14,23H,6-9H2,1H3,(H,20,24). The van der Waals surface area contributed by atoms with Gasteiger partial charge in [-0.15, -0.1) is 0 Å². The number of nitriles is 1. The number of benzene rings is 1. The van der Waals surface area contributed by atoms with E-state index in [9.17, 15) is 9.90 Å². The Morgan fingerprint density at radius 1 is 1.33 bits per heavy atom. The molecule has 1 saturated heterocycles. The van der Waals surface area contributed by atoms with Crippen LogP contribution in [0.4, 0.5) is 11.4 Å². The Bertz CT molecular complexity index is 783. The van der Waals surface area contributed by atoms with Crippen molar-refractivity contribution in [2.24, 2.45) is 7.05 Å². The summed E-state index contributed by atoms with van der Waals surface area (Å²) in [7, 11) is 1.74. The van der Waals surface area contributed by atoms with Gasteiger partial charge < -0.3 is 19.9 Å². The summed E-state index contributed by atoms with van der Waals surface area (Å²) in [6, 6.07) is 11.3. The van der Waals surface area contributed by atoms with Crippen molar-refractivity contribution in [3.63, 3.8) is 0 Å². The summed E-state index contributed by atoms with van der Waals surface area (Å²) in [6.07, 6.45) is 2.85. The molecule has 3 rings (SSSR count). The van der Waals surface area contributed by atoms with Crippen molar-refractivity contribution in [1.82, 2.24) is 4.57 Å². The molecule has 24 heavy (non-hydrogen) atoms. The molecule has 6 nitrogen and oxygen atoms in total. The Hall–Kier alpha value is -2.78. The average Bonchev–Trinajstić information content (AvgIpc) is 2.97. The number of aromatic nitrogens is 1. The maximum atomic E-state index is 12.6. The number of carbonyl (C=O) groups excluding carboxylic acids is 1. The van der Waals surface area contributed by atoms with Gasteiger partial charge >= 0.3 is 0 Å². The Kier molecular flexibility index (Phi) is 4.54. The number of hydrogen-bond acceptors (Lipinski definition) is 4. The predicted octanol–water partition coefficient (Wildman–Crippen LogP) is 2.11. The molecule has 0 radical (unpaired) electrons. The zero-order chi connectivity index (χ0) is 17.1. The van der Waals surface area contributed by atoms with Crippen molar-refractivity contribution in [2.45, 2.75) is 18.9 Å². The summed E-state index contributed by atoms with van der Waals surface area (Å²) in [5.74, 6) is -0.247. The van der Waals surface area contributed by atoms with Gasteiger partial charge in [-0.25, -0.2) is 0 Å². The number of aliphatic hydroxyl groups excluding tert-OH is 1. The van der Waals surface area contributed by atoms with Gasteiger partial charge in [-0.2, -0.15) is 5.26 Å². The number of piperidine rings is 1. The lowest BCUT2D eigenvalue weighted by molar-refractivity contribution is 0.101. The van der Waals surface area contributed by atoms with Gasteiger partial charge in [-0.1, -0.05) is 12.1 Å². The number of hydrogen-bond donors (Lipinski definition) is 2. The molecular weight excluding hydrogens is 304 g/mol. The van der Waals surface area contributed by atoms with Gasteiger partial charge in [-0.05, 0) is 31.0 Å². The first kappa shape index (κ1) is 16.1. The third-order valence-electron chi connectivity index (χ3n) is 4.32. The number of aryl methyl sites for hydroxylation is 1. The summed E-state index contributed by atoms with van der Waals surface area (Å²) in [5.41, 5.74) is 2.59. The Labute approximate surface area is 140 Å². The van der Waals surface area contributed by atoms with Gasteiger partial charge in [0.2, 0.25) is 0 Å². The highest BCUT2D eigenvalue weighted by Crippen LogP contribution is 2.28. The van der Waals surface area contributed by atoms with E-state index in [4.69, 9.17) is 5.26 Å². The minimum absolute atomic E-state index is 0.240. The van der Waals surface area contributed by atoms with Gasteiger partial charge in [0, 0.05) is 26.3 Å². The van der Waals surface area contributed by atoms with Crippen molar-refractivity contribution in [3.8, 4) is 6.07 Å². The lowest BCUT2D eigenvalue weighted by atomic mass is 10.1. The van der Waals surface area contributed by atoms with Crippen LogP contribution in [0.25, 0.3) is 0 Å². The Morgan fingerprint density at radius 2 is 2.04 bits per heavy atom. The van der Waals surface area contributed by atoms with Crippen LogP contribution in [0.5, 0.6) is 0 Å². The molecule has 1 fully saturated rings. The van der Waals surface area contributed by atoms with Gasteiger partial charge in [0.05, 0.1) is 23.0 Å². The second-order valence-electron chi connectivity index (χ2n) is 6.03. The summed E-state index contributed by atoms with van der Waals surface area (Å²) in [5, 5.41) is 21.6. The van der Waals surface area contributed by atoms with E-state index in [1.54, 1.807) is 23.9 Å². The van der Waals surface area contributed by atoms with E-state index < -0.39 is 0 Å². The quantitative estimate of drug-likeness (QED) is 0.906. The van der Waals surface area contributed by atoms with E-state index in [2.05, 4.69) is 10.2 Å². The zero-order valence-corrected chi connectivity index (χ0v) is 13.6. The number of nitrogens with zero attached hydrogens (tertiary/aromatic N) is 3. The SMILES string of the molecule is Cn1cc(C#N)cc1C(=O)Nc1ccccc1N1CCC(O)CC1. The van der Waals surface area contributed by atoms with E-state index in [1.807, 2.05) is 30.3 Å². The average molecular weight is 324 g/mol. The fourth-order valence-electron chi connectivity index (χ4n) is 3.00. The first-order valence-electron chi connectivity index (χ1n) is 7.98. The van der Waals surface area contributed by atoms with Crippen molar-refractivity contribution in [2.75, 3.05) is 23.3 Å². The largest absolute Gasteiger partial charge is 0.393 e. The van der Waals surface area contributed by atoms with E-state index in [-0.39, 0.29) is 12.0 Å². The molecule has 6 heteroatoms. The summed E-state index contributed by atoms with van der Waals surface area (Å²) in [4.78, 5) is 14.7. The van der Waals surface area contributed by atoms with Gasteiger partial charge in [0.15, 0.2) is 0 Å². The molecule has 2 heterocycles. The van der Waals surface area contributed by atoms with Crippen LogP contribution in [0.3, 0.4) is 0 Å². The first-order valence-corrected chi connectivity index (χ1v) is 7.98. The molecule has 0 saturated carbocycles. The molecule has 0 aliphatic carbocycles. The van der Waals surface area contributed by atoms with Crippen molar-refractivity contribution in [3.05, 3.63) is 47.8 Å². The minimum atomic E-state index is -0.247. The number of rotatable bonds is 3. The molecule has 2 aromatic rings. The highest BCUT2D eigenvalue weighted by atomic mass is 16.3. The maximum absolute atomic E-state index is 12.6. The number of nitrogens with one attached hydrogen (secondary N) is 1. The monoisotopic (exact) mass is 324 g/mol. The van der Waals surface area contributed by atoms with E-state index in [0.29, 0.717) is 11.3 Å². The number of aliphatic hydroxyl groups is 1. The van der Waals surface area contributed by atoms with Crippen LogP contribution in [-0.2, 0) is 7.05 Å². The molecule has 1 aliphatic rings. The molecule has 2 N–H and O–H groups in total. The molecule has 1 aromatic carbocycles. The van der Waals surface area contributed by atoms with Crippen molar-refractivity contribution >= 4 is 17.3 Å². The number of para-hydroxylation sites is 2. The number of carbonyl (C=O) groups is 1. The smallest absolute Gasteiger partial charge is 0.272 e. The molecule has 0 unspecified atom stereocenters. The number of amides is 1. The highest BCUT2D eigenvalue weighted by molar-refractivity contribution is 6.05. The third kappa shape index (κ3) is 3.26. The third-order valence-corrected chi connectivity index (χ3v) is 4.32. The molecule has 1 aromatic heterocycles. The molecule has 124 valence electrons. The van der Waals surface area contributed by atoms with Crippen LogP contribution >= 0.6 is 0 Å². The van der Waals surface area contributed by atoms with E-state index in [1.165, 1.54) is 0 Å². The van der Waals surface area contributed by atoms with E-state index >= 15 is 0 Å². The molecule has 0 spiro atoms. The normalized spacial score (nSPS) is 15.1. The Morgan fingerprint density at radius 3 is 2.71 bits per heavy atom. The van der Waals surface area contributed by atoms with E-state index in [0.717, 1.165) is 37.3 Å². The number of anilines is 2. The molecule has 0 atom stereocenters. The zero-order valence-electron chi connectivity index (χ0n) is 13.6. The maximum Gasteiger partial charge on any atom is 0.272 e. The van der Waals surface area contributed by atoms with Gasteiger partial charge in [-0.3, -0.25) is 4.79 Å². The topological polar surface area (TPSA) is 81.3 Å². The van der Waals surface area contributed by atoms with Gasteiger partial charge in [0.25, 0.3) is 5.91 Å². The molecular formula is C18H20N4O2. The van der Waals surface area contributed by atoms with Crippen LogP contribution in [0.1, 0.15) is 28.9 Å². The first-order chi connectivity index (χ1) is 11.6. The van der Waals surface area contributed by atoms with Crippen LogP contribution in [0.2, 0.25) is 0 Å². The van der Waals surface area contributed by atoms with Gasteiger partial charge in [0.1, 0.15) is 11.8 Å². The molecule has 1 aliphatic heterocycles. The van der Waals surface area contributed by atoms with Crippen LogP contribution in [0, 0.1) is 11.3 Å². The second kappa shape index (κ2) is 6.77. The fourth-order valence-corrected chi connectivity index (χ4v) is 3.00. The Balaban J connectivity index is 1.81. The highest BCUT2D eigenvalue weighted by Gasteiger charge is 2.20. The van der Waals surface area contributed by atoms with Crippen LogP contribution < -0.4 is 10.2 Å². The fraction of sp³-hybridized carbons (Fsp3) is 0.333. The van der Waals surface area contributed by atoms with Crippen LogP contribution in [-0.4, -0.2) is 34.8 Å². The summed E-state index contributed by atoms with van der Waals surface area (Å²) < 4.78 is 1.65. The predicted molar refractivity (Wildman–Crippen MR) is 92.0 cm³/mol. The minimum Gasteiger partial charge on any atom is -0.393 e. The summed E-state index contributed by atoms with van der Waals surface area (Å²) in [6.45, 7) is 1.52. The lowest BCUT2D eigenvalue weighted by Gasteiger charge is -2.32. The molecule has 0 bridgehead atoms. The molecule has 1 amide bonds. The lowest BCUT2D eigenvalue weighted by Crippen LogP contribution is -2.36. The van der Waals surface area contributed by atoms with Crippen LogP contribution in [0.15, 0.2) is 36.5 Å². The van der Waals surface area contributed by atoms with Crippen molar-refractivity contribution in [1.29, 1.82) is 5.26 Å².